The Kier molecular flexibility index (Phi) is 5.80. The lowest BCUT2D eigenvalue weighted by molar-refractivity contribution is 0.104. The van der Waals surface area contributed by atoms with E-state index in [4.69, 9.17) is 9.26 Å². The number of ketones is 1. The molecule has 0 unspecified atom stereocenters. The van der Waals surface area contributed by atoms with Gasteiger partial charge >= 0.3 is 0 Å². The molecule has 30 heavy (non-hydrogen) atoms. The van der Waals surface area contributed by atoms with Crippen LogP contribution in [0, 0.1) is 6.92 Å². The number of allylic oxidation sites excluding steroid dienone is 1. The topological polar surface area (TPSA) is 65.2 Å². The zero-order valence-electron chi connectivity index (χ0n) is 16.5. The molecule has 0 saturated heterocycles. The van der Waals surface area contributed by atoms with Crippen molar-refractivity contribution in [3.63, 3.8) is 0 Å². The van der Waals surface area contributed by atoms with Crippen LogP contribution in [0.4, 0.5) is 0 Å². The lowest BCUT2D eigenvalue weighted by atomic mass is 10.0. The average Bonchev–Trinajstić information content (AvgIpc) is 3.22. The van der Waals surface area contributed by atoms with Crippen LogP contribution in [0.1, 0.15) is 27.6 Å². The van der Waals surface area contributed by atoms with E-state index < -0.39 is 0 Å². The third-order valence-corrected chi connectivity index (χ3v) is 4.52. The van der Waals surface area contributed by atoms with E-state index in [2.05, 4.69) is 10.1 Å². The molecule has 0 N–H and O–H groups in total. The number of rotatable bonds is 7. The number of benzene rings is 3. The first-order valence-electron chi connectivity index (χ1n) is 9.57. The van der Waals surface area contributed by atoms with E-state index in [0.29, 0.717) is 23.0 Å². The fourth-order valence-electron chi connectivity index (χ4n) is 2.95. The summed E-state index contributed by atoms with van der Waals surface area (Å²) in [6, 6.07) is 25.2. The fraction of sp³-hybridized carbons (Fsp3) is 0.0800. The van der Waals surface area contributed by atoms with Gasteiger partial charge in [0.25, 0.3) is 0 Å². The molecular weight excluding hydrogens is 376 g/mol. The summed E-state index contributed by atoms with van der Waals surface area (Å²) >= 11 is 0. The molecule has 1 heterocycles. The van der Waals surface area contributed by atoms with E-state index in [1.54, 1.807) is 19.1 Å². The molecule has 4 aromatic rings. The number of carbonyl (C=O) groups is 1. The van der Waals surface area contributed by atoms with E-state index in [9.17, 15) is 4.79 Å². The first kappa shape index (κ1) is 19.3. The molecule has 0 aliphatic heterocycles. The molecule has 0 bridgehead atoms. The van der Waals surface area contributed by atoms with Gasteiger partial charge in [-0.1, -0.05) is 78.0 Å². The molecule has 148 valence electrons. The van der Waals surface area contributed by atoms with Crippen LogP contribution >= 0.6 is 0 Å². The molecule has 1 aromatic heterocycles. The van der Waals surface area contributed by atoms with Crippen molar-refractivity contribution in [1.29, 1.82) is 0 Å². The van der Waals surface area contributed by atoms with Crippen LogP contribution in [0.2, 0.25) is 0 Å². The highest BCUT2D eigenvalue weighted by molar-refractivity contribution is 6.07. The largest absolute Gasteiger partial charge is 0.485 e. The number of ether oxygens (including phenoxy) is 1. The monoisotopic (exact) mass is 396 g/mol. The van der Waals surface area contributed by atoms with Crippen molar-refractivity contribution in [1.82, 2.24) is 10.1 Å². The molecule has 4 rings (SSSR count). The highest BCUT2D eigenvalue weighted by atomic mass is 16.5. The van der Waals surface area contributed by atoms with E-state index in [1.165, 1.54) is 0 Å². The second-order valence-electron chi connectivity index (χ2n) is 6.73. The van der Waals surface area contributed by atoms with Gasteiger partial charge < -0.3 is 9.26 Å². The molecule has 5 heteroatoms. The predicted octanol–water partition coefficient (Wildman–Crippen LogP) is 5.52. The fourth-order valence-corrected chi connectivity index (χ4v) is 2.95. The van der Waals surface area contributed by atoms with E-state index >= 15 is 0 Å². The maximum Gasteiger partial charge on any atom is 0.223 e. The lowest BCUT2D eigenvalue weighted by Gasteiger charge is -2.04. The Morgan fingerprint density at radius 1 is 0.933 bits per heavy atom. The van der Waals surface area contributed by atoms with E-state index in [-0.39, 0.29) is 12.4 Å². The van der Waals surface area contributed by atoms with Crippen LogP contribution in [0.5, 0.6) is 5.75 Å². The van der Waals surface area contributed by atoms with Crippen molar-refractivity contribution in [3.05, 3.63) is 108 Å². The summed E-state index contributed by atoms with van der Waals surface area (Å²) in [5, 5.41) is 3.79. The van der Waals surface area contributed by atoms with Crippen LogP contribution in [0.15, 0.2) is 89.5 Å². The molecule has 0 aliphatic rings. The molecule has 0 atom stereocenters. The maximum atomic E-state index is 12.5. The quantitative estimate of drug-likeness (QED) is 0.304. The van der Waals surface area contributed by atoms with Gasteiger partial charge in [-0.15, -0.1) is 0 Å². The normalized spacial score (nSPS) is 11.0. The minimum Gasteiger partial charge on any atom is -0.485 e. The van der Waals surface area contributed by atoms with E-state index in [0.717, 1.165) is 16.7 Å². The minimum absolute atomic E-state index is 0.0394. The van der Waals surface area contributed by atoms with Crippen molar-refractivity contribution < 1.29 is 14.1 Å². The predicted molar refractivity (Wildman–Crippen MR) is 115 cm³/mol. The molecule has 0 amide bonds. The van der Waals surface area contributed by atoms with Gasteiger partial charge in [-0.05, 0) is 34.9 Å². The van der Waals surface area contributed by atoms with Crippen LogP contribution in [-0.4, -0.2) is 15.9 Å². The summed E-state index contributed by atoms with van der Waals surface area (Å²) in [7, 11) is 0. The van der Waals surface area contributed by atoms with Crippen molar-refractivity contribution >= 4 is 11.9 Å². The number of hydrogen-bond donors (Lipinski definition) is 0. The van der Waals surface area contributed by atoms with Crippen molar-refractivity contribution in [3.8, 4) is 16.9 Å². The Bertz CT molecular complexity index is 1150. The highest BCUT2D eigenvalue weighted by Crippen LogP contribution is 2.20. The SMILES string of the molecule is Cc1nc(COc2ccc(/C=C/C(=O)c3ccc(-c4ccccc4)cc3)cc2)no1. The lowest BCUT2D eigenvalue weighted by Crippen LogP contribution is -1.97. The third kappa shape index (κ3) is 4.89. The van der Waals surface area contributed by atoms with Gasteiger partial charge in [0.15, 0.2) is 12.4 Å². The van der Waals surface area contributed by atoms with Crippen molar-refractivity contribution in [2.24, 2.45) is 0 Å². The van der Waals surface area contributed by atoms with Gasteiger partial charge in [0, 0.05) is 12.5 Å². The van der Waals surface area contributed by atoms with Crippen LogP contribution in [-0.2, 0) is 6.61 Å². The standard InChI is InChI=1S/C25H20N2O3/c1-18-26-25(27-30-18)17-29-23-14-7-19(8-15-23)9-16-24(28)22-12-10-21(11-13-22)20-5-3-2-4-6-20/h2-16H,17H2,1H3/b16-9+. The van der Waals surface area contributed by atoms with Gasteiger partial charge in [0.2, 0.25) is 11.7 Å². The van der Waals surface area contributed by atoms with Gasteiger partial charge in [0.1, 0.15) is 5.75 Å². The molecule has 0 saturated carbocycles. The third-order valence-electron chi connectivity index (χ3n) is 4.52. The molecule has 0 aliphatic carbocycles. The number of aromatic nitrogens is 2. The Labute approximate surface area is 174 Å². The molecule has 5 nitrogen and oxygen atoms in total. The van der Waals surface area contributed by atoms with Gasteiger partial charge in [-0.3, -0.25) is 4.79 Å². The van der Waals surface area contributed by atoms with Gasteiger partial charge in [0.05, 0.1) is 0 Å². The Balaban J connectivity index is 1.35. The number of nitrogens with zero attached hydrogens (tertiary/aromatic N) is 2. The second-order valence-corrected chi connectivity index (χ2v) is 6.73. The Morgan fingerprint density at radius 2 is 1.63 bits per heavy atom. The van der Waals surface area contributed by atoms with Crippen molar-refractivity contribution in [2.75, 3.05) is 0 Å². The van der Waals surface area contributed by atoms with Crippen LogP contribution in [0.25, 0.3) is 17.2 Å². The highest BCUT2D eigenvalue weighted by Gasteiger charge is 2.04. The Hall–Kier alpha value is -3.99. The number of hydrogen-bond acceptors (Lipinski definition) is 5. The zero-order valence-corrected chi connectivity index (χ0v) is 16.5. The second kappa shape index (κ2) is 9.01. The van der Waals surface area contributed by atoms with E-state index in [1.807, 2.05) is 78.9 Å². The average molecular weight is 396 g/mol. The number of aryl methyl sites for hydroxylation is 1. The van der Waals surface area contributed by atoms with Gasteiger partial charge in [-0.2, -0.15) is 4.98 Å². The Morgan fingerprint density at radius 3 is 2.30 bits per heavy atom. The molecule has 0 spiro atoms. The van der Waals surface area contributed by atoms with Crippen LogP contribution in [0.3, 0.4) is 0 Å². The summed E-state index contributed by atoms with van der Waals surface area (Å²) in [6.45, 7) is 1.97. The van der Waals surface area contributed by atoms with Gasteiger partial charge in [-0.25, -0.2) is 0 Å². The first-order chi connectivity index (χ1) is 14.7. The summed E-state index contributed by atoms with van der Waals surface area (Å²) in [5.41, 5.74) is 3.78. The van der Waals surface area contributed by atoms with Crippen molar-refractivity contribution in [2.45, 2.75) is 13.5 Å². The first-order valence-corrected chi connectivity index (χ1v) is 9.57. The molecule has 0 radical (unpaired) electrons. The molecule has 3 aromatic carbocycles. The summed E-state index contributed by atoms with van der Waals surface area (Å²) in [5.74, 6) is 1.66. The molecular formula is C25H20N2O3. The zero-order chi connectivity index (χ0) is 20.8. The smallest absolute Gasteiger partial charge is 0.223 e. The maximum absolute atomic E-state index is 12.5. The minimum atomic E-state index is -0.0394. The molecule has 0 fully saturated rings. The number of carbonyl (C=O) groups excluding carboxylic acids is 1. The summed E-state index contributed by atoms with van der Waals surface area (Å²) in [4.78, 5) is 16.6. The van der Waals surface area contributed by atoms with Crippen LogP contribution < -0.4 is 4.74 Å². The summed E-state index contributed by atoms with van der Waals surface area (Å²) < 4.78 is 10.5. The summed E-state index contributed by atoms with van der Waals surface area (Å²) in [6.07, 6.45) is 3.37.